The summed E-state index contributed by atoms with van der Waals surface area (Å²) in [5.41, 5.74) is 0.476. The Labute approximate surface area is 176 Å². The Balaban J connectivity index is 1.55. The fourth-order valence-electron chi connectivity index (χ4n) is 3.52. The molecule has 1 aliphatic heterocycles. The number of amides is 2. The first-order valence-electron chi connectivity index (χ1n) is 9.59. The minimum absolute atomic E-state index is 0.00535. The summed E-state index contributed by atoms with van der Waals surface area (Å²) < 4.78 is 43.0. The molecule has 3 aromatic rings. The fourth-order valence-corrected chi connectivity index (χ4v) is 3.52. The number of benzene rings is 2. The van der Waals surface area contributed by atoms with Crippen LogP contribution in [0.5, 0.6) is 11.5 Å². The third kappa shape index (κ3) is 4.14. The highest BCUT2D eigenvalue weighted by Gasteiger charge is 2.34. The van der Waals surface area contributed by atoms with Crippen molar-refractivity contribution in [3.63, 3.8) is 0 Å². The first kappa shape index (κ1) is 20.6. The van der Waals surface area contributed by atoms with E-state index in [1.165, 1.54) is 20.3 Å². The van der Waals surface area contributed by atoms with Crippen LogP contribution < -0.4 is 14.8 Å². The molecule has 162 valence electrons. The Kier molecular flexibility index (Phi) is 5.70. The highest BCUT2D eigenvalue weighted by atomic mass is 19.1. The van der Waals surface area contributed by atoms with Crippen molar-refractivity contribution in [2.75, 3.05) is 26.1 Å². The lowest BCUT2D eigenvalue weighted by atomic mass is 10.2. The quantitative estimate of drug-likeness (QED) is 0.645. The zero-order chi connectivity index (χ0) is 22.0. The molecule has 0 bridgehead atoms. The van der Waals surface area contributed by atoms with E-state index in [2.05, 4.69) is 15.5 Å². The van der Waals surface area contributed by atoms with Crippen LogP contribution in [0.4, 0.5) is 19.3 Å². The van der Waals surface area contributed by atoms with Crippen LogP contribution in [0.15, 0.2) is 40.9 Å². The van der Waals surface area contributed by atoms with E-state index in [0.29, 0.717) is 30.2 Å². The second-order valence-corrected chi connectivity index (χ2v) is 6.93. The third-order valence-corrected chi connectivity index (χ3v) is 5.06. The molecule has 2 heterocycles. The lowest BCUT2D eigenvalue weighted by molar-refractivity contribution is 0.193. The van der Waals surface area contributed by atoms with Gasteiger partial charge in [-0.25, -0.2) is 13.6 Å². The summed E-state index contributed by atoms with van der Waals surface area (Å²) in [6.45, 7) is 0.478. The van der Waals surface area contributed by atoms with E-state index in [1.54, 1.807) is 23.1 Å². The summed E-state index contributed by atoms with van der Waals surface area (Å²) in [5.74, 6) is -0.262. The van der Waals surface area contributed by atoms with E-state index in [-0.39, 0.29) is 23.3 Å². The van der Waals surface area contributed by atoms with Crippen LogP contribution in [-0.4, -0.2) is 41.8 Å². The molecule has 31 heavy (non-hydrogen) atoms. The minimum Gasteiger partial charge on any atom is -0.497 e. The zero-order valence-electron chi connectivity index (χ0n) is 16.9. The van der Waals surface area contributed by atoms with Gasteiger partial charge in [-0.05, 0) is 37.1 Å². The van der Waals surface area contributed by atoms with Crippen molar-refractivity contribution in [1.29, 1.82) is 0 Å². The van der Waals surface area contributed by atoms with Crippen molar-refractivity contribution in [3.05, 3.63) is 53.9 Å². The number of anilines is 1. The Morgan fingerprint density at radius 2 is 2.03 bits per heavy atom. The topological polar surface area (TPSA) is 89.7 Å². The molecule has 0 spiro atoms. The molecule has 8 nitrogen and oxygen atoms in total. The summed E-state index contributed by atoms with van der Waals surface area (Å²) in [5, 5.41) is 6.63. The number of hydrogen-bond donors (Lipinski definition) is 1. The van der Waals surface area contributed by atoms with Gasteiger partial charge in [0.2, 0.25) is 11.7 Å². The Morgan fingerprint density at radius 1 is 1.19 bits per heavy atom. The van der Waals surface area contributed by atoms with Crippen LogP contribution in [-0.2, 0) is 0 Å². The second-order valence-electron chi connectivity index (χ2n) is 6.93. The average molecular weight is 430 g/mol. The lowest BCUT2D eigenvalue weighted by Crippen LogP contribution is -2.34. The van der Waals surface area contributed by atoms with Crippen molar-refractivity contribution in [3.8, 4) is 22.9 Å². The minimum atomic E-state index is -0.793. The summed E-state index contributed by atoms with van der Waals surface area (Å²) in [6.07, 6.45) is 1.34. The molecule has 2 aromatic carbocycles. The number of ether oxygens (including phenoxy) is 2. The largest absolute Gasteiger partial charge is 0.497 e. The molecule has 1 aromatic heterocycles. The molecule has 1 saturated heterocycles. The number of halogens is 2. The van der Waals surface area contributed by atoms with Crippen molar-refractivity contribution in [1.82, 2.24) is 15.0 Å². The molecule has 0 radical (unpaired) electrons. The van der Waals surface area contributed by atoms with Gasteiger partial charge in [0.25, 0.3) is 0 Å². The molecule has 4 rings (SSSR count). The van der Waals surface area contributed by atoms with Crippen molar-refractivity contribution in [2.45, 2.75) is 18.9 Å². The number of hydrogen-bond acceptors (Lipinski definition) is 6. The molecule has 1 atom stereocenters. The Morgan fingerprint density at radius 3 is 2.77 bits per heavy atom. The number of carbonyl (C=O) groups excluding carboxylic acids is 1. The van der Waals surface area contributed by atoms with Gasteiger partial charge in [-0.15, -0.1) is 0 Å². The molecule has 1 fully saturated rings. The number of carbonyl (C=O) groups is 1. The average Bonchev–Trinajstić information content (AvgIpc) is 3.43. The standard InChI is InChI=1S/C21H20F2N4O4/c1-29-13-6-8-18(30-2)16(11-13)24-21(28)27-9-3-4-17(27)20-25-19(26-31-20)14-7-5-12(22)10-15(14)23/h5-8,10-11,17H,3-4,9H2,1-2H3,(H,24,28)/t17-/m1/s1. The molecule has 0 aliphatic carbocycles. The van der Waals surface area contributed by atoms with Crippen LogP contribution in [0.25, 0.3) is 11.4 Å². The van der Waals surface area contributed by atoms with Gasteiger partial charge in [-0.3, -0.25) is 0 Å². The van der Waals surface area contributed by atoms with E-state index < -0.39 is 17.7 Å². The normalized spacial score (nSPS) is 15.7. The highest BCUT2D eigenvalue weighted by Crippen LogP contribution is 2.34. The van der Waals surface area contributed by atoms with Gasteiger partial charge in [-0.2, -0.15) is 4.98 Å². The number of likely N-dealkylation sites (tertiary alicyclic amines) is 1. The molecule has 1 N–H and O–H groups in total. The van der Waals surface area contributed by atoms with E-state index in [0.717, 1.165) is 18.6 Å². The van der Waals surface area contributed by atoms with Gasteiger partial charge < -0.3 is 24.2 Å². The first-order chi connectivity index (χ1) is 15.0. The van der Waals surface area contributed by atoms with Crippen LogP contribution in [0, 0.1) is 11.6 Å². The number of nitrogens with one attached hydrogen (secondary N) is 1. The summed E-state index contributed by atoms with van der Waals surface area (Å²) >= 11 is 0. The van der Waals surface area contributed by atoms with E-state index in [9.17, 15) is 13.6 Å². The summed E-state index contributed by atoms with van der Waals surface area (Å²) in [4.78, 5) is 18.8. The van der Waals surface area contributed by atoms with Crippen molar-refractivity contribution in [2.24, 2.45) is 0 Å². The predicted molar refractivity (Wildman–Crippen MR) is 107 cm³/mol. The number of rotatable bonds is 5. The molecule has 1 aliphatic rings. The molecule has 10 heteroatoms. The molecular formula is C21H20F2N4O4. The number of aromatic nitrogens is 2. The van der Waals surface area contributed by atoms with Crippen LogP contribution in [0.2, 0.25) is 0 Å². The van der Waals surface area contributed by atoms with Gasteiger partial charge in [0.05, 0.1) is 25.5 Å². The number of methoxy groups -OCH3 is 2. The Hall–Kier alpha value is -3.69. The smallest absolute Gasteiger partial charge is 0.322 e. The maximum absolute atomic E-state index is 14.0. The van der Waals surface area contributed by atoms with E-state index >= 15 is 0 Å². The van der Waals surface area contributed by atoms with Crippen LogP contribution in [0.1, 0.15) is 24.8 Å². The lowest BCUT2D eigenvalue weighted by Gasteiger charge is -2.23. The maximum Gasteiger partial charge on any atom is 0.322 e. The van der Waals surface area contributed by atoms with Gasteiger partial charge in [-0.1, -0.05) is 5.16 Å². The third-order valence-electron chi connectivity index (χ3n) is 5.06. The fraction of sp³-hybridized carbons (Fsp3) is 0.286. The predicted octanol–water partition coefficient (Wildman–Crippen LogP) is 4.40. The zero-order valence-corrected chi connectivity index (χ0v) is 16.9. The summed E-state index contributed by atoms with van der Waals surface area (Å²) in [6, 6.07) is 7.34. The monoisotopic (exact) mass is 430 g/mol. The first-order valence-corrected chi connectivity index (χ1v) is 9.59. The van der Waals surface area contributed by atoms with Crippen LogP contribution >= 0.6 is 0 Å². The van der Waals surface area contributed by atoms with Gasteiger partial charge in [0.1, 0.15) is 29.2 Å². The second kappa shape index (κ2) is 8.58. The van der Waals surface area contributed by atoms with Crippen LogP contribution in [0.3, 0.4) is 0 Å². The maximum atomic E-state index is 14.0. The number of nitrogens with zero attached hydrogens (tertiary/aromatic N) is 3. The Bertz CT molecular complexity index is 1100. The highest BCUT2D eigenvalue weighted by molar-refractivity contribution is 5.91. The van der Waals surface area contributed by atoms with E-state index in [4.69, 9.17) is 14.0 Å². The molecule has 0 saturated carbocycles. The number of urea groups is 1. The van der Waals surface area contributed by atoms with Crippen molar-refractivity contribution < 1.29 is 27.6 Å². The van der Waals surface area contributed by atoms with Crippen molar-refractivity contribution >= 4 is 11.7 Å². The molecular weight excluding hydrogens is 410 g/mol. The molecule has 0 unspecified atom stereocenters. The van der Waals surface area contributed by atoms with Gasteiger partial charge in [0.15, 0.2) is 0 Å². The molecule has 2 amide bonds. The SMILES string of the molecule is COc1ccc(OC)c(NC(=O)N2CCC[C@@H]2c2nc(-c3ccc(F)cc3F)no2)c1. The van der Waals surface area contributed by atoms with E-state index in [1.807, 2.05) is 0 Å². The van der Waals surface area contributed by atoms with Gasteiger partial charge in [0, 0.05) is 18.7 Å². The van der Waals surface area contributed by atoms with Gasteiger partial charge >= 0.3 is 6.03 Å². The summed E-state index contributed by atoms with van der Waals surface area (Å²) in [7, 11) is 3.03.